The fourth-order valence-corrected chi connectivity index (χ4v) is 2.29. The zero-order valence-electron chi connectivity index (χ0n) is 10.4. The summed E-state index contributed by atoms with van der Waals surface area (Å²) in [5.41, 5.74) is -0.0761. The summed E-state index contributed by atoms with van der Waals surface area (Å²) in [5.74, 6) is -0.322. The van der Waals surface area contributed by atoms with Crippen molar-refractivity contribution in [2.75, 3.05) is 20.3 Å². The van der Waals surface area contributed by atoms with Gasteiger partial charge in [0, 0.05) is 39.6 Å². The quantitative estimate of drug-likeness (QED) is 0.823. The molecule has 98 valence electrons. The van der Waals surface area contributed by atoms with Crippen molar-refractivity contribution in [2.24, 2.45) is 0 Å². The van der Waals surface area contributed by atoms with Gasteiger partial charge in [-0.3, -0.25) is 4.79 Å². The third-order valence-electron chi connectivity index (χ3n) is 3.45. The van der Waals surface area contributed by atoms with Crippen LogP contribution >= 0.6 is 0 Å². The molecule has 0 bridgehead atoms. The number of ether oxygens (including phenoxy) is 2. The Morgan fingerprint density at radius 2 is 2.17 bits per heavy atom. The van der Waals surface area contributed by atoms with Crippen molar-refractivity contribution >= 4 is 5.78 Å². The smallest absolute Gasteiger partial charge is 0.169 e. The molecule has 3 nitrogen and oxygen atoms in total. The van der Waals surface area contributed by atoms with Crippen LogP contribution in [-0.2, 0) is 20.7 Å². The normalized spacial score (nSPS) is 18.6. The predicted molar refractivity (Wildman–Crippen MR) is 64.9 cm³/mol. The minimum absolute atomic E-state index is 0.00102. The minimum Gasteiger partial charge on any atom is -0.381 e. The number of carbonyl (C=O) groups is 1. The second-order valence-corrected chi connectivity index (χ2v) is 4.54. The Balaban J connectivity index is 2.10. The molecular weight excluding hydrogens is 235 g/mol. The highest BCUT2D eigenvalue weighted by Crippen LogP contribution is 2.27. The lowest BCUT2D eigenvalue weighted by Crippen LogP contribution is -2.46. The van der Waals surface area contributed by atoms with Crippen LogP contribution in [0.5, 0.6) is 0 Å². The molecule has 0 atom stereocenters. The van der Waals surface area contributed by atoms with Crippen LogP contribution < -0.4 is 0 Å². The first-order valence-electron chi connectivity index (χ1n) is 6.07. The number of methoxy groups -OCH3 is 1. The number of halogens is 1. The average molecular weight is 252 g/mol. The number of hydrogen-bond acceptors (Lipinski definition) is 3. The van der Waals surface area contributed by atoms with Crippen LogP contribution in [0.15, 0.2) is 24.3 Å². The third kappa shape index (κ3) is 2.76. The molecule has 1 heterocycles. The van der Waals surface area contributed by atoms with E-state index < -0.39 is 5.60 Å². The molecule has 1 aliphatic heterocycles. The molecule has 1 fully saturated rings. The molecule has 1 aromatic rings. The average Bonchev–Trinajstić information content (AvgIpc) is 2.39. The summed E-state index contributed by atoms with van der Waals surface area (Å²) in [5, 5.41) is 0. The van der Waals surface area contributed by atoms with E-state index in [0.29, 0.717) is 31.6 Å². The first-order valence-corrected chi connectivity index (χ1v) is 6.07. The van der Waals surface area contributed by atoms with Crippen LogP contribution in [-0.4, -0.2) is 31.7 Å². The molecule has 0 aliphatic carbocycles. The SMILES string of the molecule is COC1(C(=O)Cc2cccc(F)c2)CCOCC1. The molecule has 0 radical (unpaired) electrons. The van der Waals surface area contributed by atoms with Gasteiger partial charge in [-0.15, -0.1) is 0 Å². The van der Waals surface area contributed by atoms with E-state index in [2.05, 4.69) is 0 Å². The Bertz CT molecular complexity index is 425. The van der Waals surface area contributed by atoms with Crippen molar-refractivity contribution in [3.05, 3.63) is 35.6 Å². The fraction of sp³-hybridized carbons (Fsp3) is 0.500. The molecule has 4 heteroatoms. The van der Waals surface area contributed by atoms with Crippen molar-refractivity contribution < 1.29 is 18.7 Å². The van der Waals surface area contributed by atoms with Gasteiger partial charge in [-0.1, -0.05) is 12.1 Å². The monoisotopic (exact) mass is 252 g/mol. The van der Waals surface area contributed by atoms with E-state index in [1.54, 1.807) is 19.2 Å². The largest absolute Gasteiger partial charge is 0.381 e. The predicted octanol–water partition coefficient (Wildman–Crippen LogP) is 2.13. The summed E-state index contributed by atoms with van der Waals surface area (Å²) >= 11 is 0. The Morgan fingerprint density at radius 3 is 2.78 bits per heavy atom. The van der Waals surface area contributed by atoms with Crippen LogP contribution in [0.3, 0.4) is 0 Å². The van der Waals surface area contributed by atoms with Crippen molar-refractivity contribution in [1.29, 1.82) is 0 Å². The van der Waals surface area contributed by atoms with Gasteiger partial charge in [0.1, 0.15) is 11.4 Å². The Kier molecular flexibility index (Phi) is 4.09. The summed E-state index contributed by atoms with van der Waals surface area (Å²) in [4.78, 5) is 12.3. The highest BCUT2D eigenvalue weighted by molar-refractivity contribution is 5.89. The lowest BCUT2D eigenvalue weighted by atomic mass is 9.86. The van der Waals surface area contributed by atoms with Gasteiger partial charge in [0.05, 0.1) is 0 Å². The van der Waals surface area contributed by atoms with E-state index in [1.807, 2.05) is 0 Å². The number of rotatable bonds is 4. The number of Topliss-reactive ketones (excluding diaryl/α,β-unsaturated/α-hetero) is 1. The molecule has 18 heavy (non-hydrogen) atoms. The summed E-state index contributed by atoms with van der Waals surface area (Å²) in [7, 11) is 1.55. The van der Waals surface area contributed by atoms with Crippen LogP contribution in [0.25, 0.3) is 0 Å². The van der Waals surface area contributed by atoms with Crippen LogP contribution in [0, 0.1) is 5.82 Å². The summed E-state index contributed by atoms with van der Waals surface area (Å²) in [6.07, 6.45) is 1.33. The summed E-state index contributed by atoms with van der Waals surface area (Å²) in [6.45, 7) is 1.06. The van der Waals surface area contributed by atoms with Gasteiger partial charge in [0.15, 0.2) is 5.78 Å². The summed E-state index contributed by atoms with van der Waals surface area (Å²) < 4.78 is 23.7. The van der Waals surface area contributed by atoms with E-state index in [0.717, 1.165) is 0 Å². The lowest BCUT2D eigenvalue weighted by molar-refractivity contribution is -0.151. The van der Waals surface area contributed by atoms with Gasteiger partial charge < -0.3 is 9.47 Å². The van der Waals surface area contributed by atoms with Crippen molar-refractivity contribution in [3.63, 3.8) is 0 Å². The van der Waals surface area contributed by atoms with Gasteiger partial charge in [-0.05, 0) is 17.7 Å². The Hall–Kier alpha value is -1.26. The second kappa shape index (κ2) is 5.59. The van der Waals surface area contributed by atoms with Crippen LogP contribution in [0.2, 0.25) is 0 Å². The molecule has 0 unspecified atom stereocenters. The molecule has 1 aliphatic rings. The molecule has 0 spiro atoms. The zero-order chi connectivity index (χ0) is 13.0. The van der Waals surface area contributed by atoms with Gasteiger partial charge in [-0.25, -0.2) is 4.39 Å². The van der Waals surface area contributed by atoms with E-state index in [4.69, 9.17) is 9.47 Å². The van der Waals surface area contributed by atoms with Gasteiger partial charge >= 0.3 is 0 Å². The molecule has 1 aromatic carbocycles. The van der Waals surface area contributed by atoms with Crippen LogP contribution in [0.1, 0.15) is 18.4 Å². The van der Waals surface area contributed by atoms with E-state index >= 15 is 0 Å². The zero-order valence-corrected chi connectivity index (χ0v) is 10.4. The van der Waals surface area contributed by atoms with E-state index in [1.165, 1.54) is 12.1 Å². The maximum atomic E-state index is 13.1. The molecule has 0 amide bonds. The Labute approximate surface area is 106 Å². The van der Waals surface area contributed by atoms with E-state index in [9.17, 15) is 9.18 Å². The lowest BCUT2D eigenvalue weighted by Gasteiger charge is -2.34. The van der Waals surface area contributed by atoms with Gasteiger partial charge in [0.2, 0.25) is 0 Å². The highest BCUT2D eigenvalue weighted by atomic mass is 19.1. The maximum Gasteiger partial charge on any atom is 0.169 e. The van der Waals surface area contributed by atoms with Crippen molar-refractivity contribution in [2.45, 2.75) is 24.9 Å². The first kappa shape index (κ1) is 13.2. The fourth-order valence-electron chi connectivity index (χ4n) is 2.29. The second-order valence-electron chi connectivity index (χ2n) is 4.54. The molecular formula is C14H17FO3. The number of carbonyl (C=O) groups excluding carboxylic acids is 1. The van der Waals surface area contributed by atoms with Gasteiger partial charge in [-0.2, -0.15) is 0 Å². The number of ketones is 1. The van der Waals surface area contributed by atoms with E-state index in [-0.39, 0.29) is 18.0 Å². The number of benzene rings is 1. The molecule has 0 N–H and O–H groups in total. The maximum absolute atomic E-state index is 13.1. The highest BCUT2D eigenvalue weighted by Gasteiger charge is 2.39. The molecule has 0 saturated carbocycles. The first-order chi connectivity index (χ1) is 8.66. The third-order valence-corrected chi connectivity index (χ3v) is 3.45. The van der Waals surface area contributed by atoms with Crippen molar-refractivity contribution in [3.8, 4) is 0 Å². The van der Waals surface area contributed by atoms with Gasteiger partial charge in [0.25, 0.3) is 0 Å². The standard InChI is InChI=1S/C14H17FO3/c1-17-14(5-7-18-8-6-14)13(16)10-11-3-2-4-12(15)9-11/h2-4,9H,5-8,10H2,1H3. The molecule has 0 aromatic heterocycles. The topological polar surface area (TPSA) is 35.5 Å². The Morgan fingerprint density at radius 1 is 1.44 bits per heavy atom. The van der Waals surface area contributed by atoms with Crippen LogP contribution in [0.4, 0.5) is 4.39 Å². The molecule has 1 saturated heterocycles. The number of hydrogen-bond donors (Lipinski definition) is 0. The van der Waals surface area contributed by atoms with Crippen molar-refractivity contribution in [1.82, 2.24) is 0 Å². The minimum atomic E-state index is -0.759. The summed E-state index contributed by atoms with van der Waals surface area (Å²) in [6, 6.07) is 6.13. The molecule has 2 rings (SSSR count).